The summed E-state index contributed by atoms with van der Waals surface area (Å²) in [5.74, 6) is -0.244. The quantitative estimate of drug-likeness (QED) is 0.857. The first-order chi connectivity index (χ1) is 11.4. The van der Waals surface area contributed by atoms with E-state index in [-0.39, 0.29) is 17.1 Å². The van der Waals surface area contributed by atoms with Crippen LogP contribution < -0.4 is 5.32 Å². The molecule has 1 aromatic carbocycles. The van der Waals surface area contributed by atoms with E-state index in [1.807, 2.05) is 19.1 Å². The summed E-state index contributed by atoms with van der Waals surface area (Å²) in [5.41, 5.74) is 4.39. The second-order valence-electron chi connectivity index (χ2n) is 7.28. The minimum atomic E-state index is -0.345. The number of allylic oxidation sites excluding steroid dienone is 4. The number of Topliss-reactive ketones (excluding diaryl/α,β-unsaturated/α-hetero) is 1. The summed E-state index contributed by atoms with van der Waals surface area (Å²) >= 11 is 0. The van der Waals surface area contributed by atoms with Gasteiger partial charge in [-0.05, 0) is 36.5 Å². The molecule has 1 unspecified atom stereocenters. The Morgan fingerprint density at radius 1 is 1.12 bits per heavy atom. The number of carbonyl (C=O) groups is 1. The number of dihydropyridines is 1. The first-order valence-corrected chi connectivity index (χ1v) is 8.00. The molecule has 4 heteroatoms. The molecule has 24 heavy (non-hydrogen) atoms. The molecule has 1 aliphatic heterocycles. The molecule has 0 fully saturated rings. The van der Waals surface area contributed by atoms with Crippen molar-refractivity contribution in [2.24, 2.45) is 5.41 Å². The van der Waals surface area contributed by atoms with E-state index in [1.54, 1.807) is 12.1 Å². The highest BCUT2D eigenvalue weighted by atomic mass is 16.1. The van der Waals surface area contributed by atoms with Crippen LogP contribution in [0.2, 0.25) is 0 Å². The summed E-state index contributed by atoms with van der Waals surface area (Å²) in [5, 5.41) is 21.9. The van der Waals surface area contributed by atoms with Crippen LogP contribution in [0.1, 0.15) is 50.7 Å². The van der Waals surface area contributed by atoms with Gasteiger partial charge in [0.15, 0.2) is 5.78 Å². The Bertz CT molecular complexity index is 858. The van der Waals surface area contributed by atoms with Crippen LogP contribution in [-0.4, -0.2) is 5.78 Å². The summed E-state index contributed by atoms with van der Waals surface area (Å²) < 4.78 is 0. The number of hydrogen-bond donors (Lipinski definition) is 1. The Morgan fingerprint density at radius 2 is 1.79 bits per heavy atom. The van der Waals surface area contributed by atoms with Crippen molar-refractivity contribution >= 4 is 5.78 Å². The molecule has 0 spiro atoms. The van der Waals surface area contributed by atoms with Gasteiger partial charge in [0.1, 0.15) is 0 Å². The van der Waals surface area contributed by atoms with E-state index >= 15 is 0 Å². The van der Waals surface area contributed by atoms with Crippen molar-refractivity contribution in [3.8, 4) is 12.1 Å². The lowest BCUT2D eigenvalue weighted by Crippen LogP contribution is -2.36. The summed E-state index contributed by atoms with van der Waals surface area (Å²) in [6.45, 7) is 6.06. The molecule has 120 valence electrons. The predicted molar refractivity (Wildman–Crippen MR) is 90.4 cm³/mol. The average Bonchev–Trinajstić information content (AvgIpc) is 2.52. The molecule has 0 aromatic heterocycles. The van der Waals surface area contributed by atoms with Crippen molar-refractivity contribution in [1.29, 1.82) is 10.5 Å². The minimum absolute atomic E-state index is 0.0808. The van der Waals surface area contributed by atoms with E-state index in [9.17, 15) is 10.1 Å². The molecular weight excluding hydrogens is 298 g/mol. The number of nitriles is 2. The smallest absolute Gasteiger partial charge is 0.162 e. The monoisotopic (exact) mass is 317 g/mol. The van der Waals surface area contributed by atoms with Crippen LogP contribution in [0.15, 0.2) is 46.8 Å². The summed E-state index contributed by atoms with van der Waals surface area (Å²) in [4.78, 5) is 12.8. The van der Waals surface area contributed by atoms with Gasteiger partial charge in [-0.1, -0.05) is 26.0 Å². The van der Waals surface area contributed by atoms with Gasteiger partial charge in [0, 0.05) is 23.4 Å². The van der Waals surface area contributed by atoms with E-state index in [0.29, 0.717) is 23.1 Å². The van der Waals surface area contributed by atoms with Crippen LogP contribution >= 0.6 is 0 Å². The molecule has 0 amide bonds. The molecule has 1 aromatic rings. The lowest BCUT2D eigenvalue weighted by atomic mass is 9.69. The number of rotatable bonds is 1. The third kappa shape index (κ3) is 2.61. The third-order valence-corrected chi connectivity index (χ3v) is 4.73. The van der Waals surface area contributed by atoms with Crippen LogP contribution in [-0.2, 0) is 4.79 Å². The van der Waals surface area contributed by atoms with Crippen LogP contribution in [0.3, 0.4) is 0 Å². The highest BCUT2D eigenvalue weighted by molar-refractivity contribution is 6.00. The Hall–Kier alpha value is -2.85. The zero-order valence-electron chi connectivity index (χ0n) is 14.1. The van der Waals surface area contributed by atoms with Gasteiger partial charge >= 0.3 is 0 Å². The van der Waals surface area contributed by atoms with Crippen molar-refractivity contribution in [1.82, 2.24) is 5.32 Å². The number of hydrogen-bond acceptors (Lipinski definition) is 4. The molecular formula is C20H19N3O. The van der Waals surface area contributed by atoms with E-state index < -0.39 is 0 Å². The molecule has 1 N–H and O–H groups in total. The van der Waals surface area contributed by atoms with Crippen molar-refractivity contribution in [2.45, 2.75) is 39.5 Å². The molecule has 4 nitrogen and oxygen atoms in total. The average molecular weight is 317 g/mol. The van der Waals surface area contributed by atoms with Gasteiger partial charge in [0.2, 0.25) is 0 Å². The van der Waals surface area contributed by atoms with Gasteiger partial charge in [-0.15, -0.1) is 0 Å². The van der Waals surface area contributed by atoms with Gasteiger partial charge in [0.25, 0.3) is 0 Å². The van der Waals surface area contributed by atoms with Crippen molar-refractivity contribution in [3.05, 3.63) is 57.9 Å². The Morgan fingerprint density at radius 3 is 2.38 bits per heavy atom. The van der Waals surface area contributed by atoms with Gasteiger partial charge in [-0.2, -0.15) is 10.5 Å². The van der Waals surface area contributed by atoms with Crippen LogP contribution in [0.4, 0.5) is 0 Å². The van der Waals surface area contributed by atoms with Crippen LogP contribution in [0.25, 0.3) is 0 Å². The van der Waals surface area contributed by atoms with Crippen molar-refractivity contribution in [2.75, 3.05) is 0 Å². The van der Waals surface area contributed by atoms with Gasteiger partial charge in [-0.25, -0.2) is 0 Å². The second-order valence-corrected chi connectivity index (χ2v) is 7.28. The fraction of sp³-hybridized carbons (Fsp3) is 0.350. The topological polar surface area (TPSA) is 76.7 Å². The Balaban J connectivity index is 2.16. The highest BCUT2D eigenvalue weighted by Gasteiger charge is 2.40. The van der Waals surface area contributed by atoms with Crippen molar-refractivity contribution in [3.63, 3.8) is 0 Å². The summed E-state index contributed by atoms with van der Waals surface area (Å²) in [6, 6.07) is 11.5. The van der Waals surface area contributed by atoms with Crippen LogP contribution in [0, 0.1) is 28.1 Å². The van der Waals surface area contributed by atoms with E-state index in [2.05, 4.69) is 31.3 Å². The number of nitrogens with zero attached hydrogens (tertiary/aromatic N) is 2. The molecule has 0 bridgehead atoms. The molecule has 0 saturated carbocycles. The Kier molecular flexibility index (Phi) is 3.78. The van der Waals surface area contributed by atoms with E-state index in [4.69, 9.17) is 5.26 Å². The highest BCUT2D eigenvalue weighted by Crippen LogP contribution is 2.46. The minimum Gasteiger partial charge on any atom is -0.361 e. The zero-order chi connectivity index (χ0) is 17.5. The fourth-order valence-corrected chi connectivity index (χ4v) is 3.67. The first kappa shape index (κ1) is 16.0. The largest absolute Gasteiger partial charge is 0.361 e. The van der Waals surface area contributed by atoms with E-state index in [1.165, 1.54) is 0 Å². The number of nitrogens with one attached hydrogen (secondary N) is 1. The van der Waals surface area contributed by atoms with Gasteiger partial charge in [0.05, 0.1) is 29.2 Å². The maximum absolute atomic E-state index is 12.8. The normalized spacial score (nSPS) is 22.4. The maximum atomic E-state index is 12.8. The SMILES string of the molecule is CC1=C(C#N)C(c2ccc(C#N)cc2)C2=C(CC(C)(C)CC2=O)N1. The molecule has 2 aliphatic rings. The van der Waals surface area contributed by atoms with Crippen molar-refractivity contribution < 1.29 is 4.79 Å². The summed E-state index contributed by atoms with van der Waals surface area (Å²) in [6.07, 6.45) is 1.27. The molecule has 1 heterocycles. The molecule has 0 saturated heterocycles. The van der Waals surface area contributed by atoms with Gasteiger partial charge < -0.3 is 5.32 Å². The van der Waals surface area contributed by atoms with E-state index in [0.717, 1.165) is 23.4 Å². The van der Waals surface area contributed by atoms with Gasteiger partial charge in [-0.3, -0.25) is 4.79 Å². The molecule has 0 radical (unpaired) electrons. The third-order valence-electron chi connectivity index (χ3n) is 4.73. The van der Waals surface area contributed by atoms with Crippen LogP contribution in [0.5, 0.6) is 0 Å². The summed E-state index contributed by atoms with van der Waals surface area (Å²) in [7, 11) is 0. The molecule has 3 rings (SSSR count). The number of benzene rings is 1. The predicted octanol–water partition coefficient (Wildman–Crippen LogP) is 3.69. The molecule has 1 aliphatic carbocycles. The number of ketones is 1. The lowest BCUT2D eigenvalue weighted by molar-refractivity contribution is -0.118. The fourth-order valence-electron chi connectivity index (χ4n) is 3.67. The lowest BCUT2D eigenvalue weighted by Gasteiger charge is -2.38. The molecule has 1 atom stereocenters. The maximum Gasteiger partial charge on any atom is 0.162 e. The number of carbonyl (C=O) groups excluding carboxylic acids is 1. The zero-order valence-corrected chi connectivity index (χ0v) is 14.1. The Labute approximate surface area is 142 Å². The second kappa shape index (κ2) is 5.65. The first-order valence-electron chi connectivity index (χ1n) is 8.00. The standard InChI is InChI=1S/C20H19N3O/c1-12-15(11-22)18(14-6-4-13(10-21)5-7-14)19-16(23-12)8-20(2,3)9-17(19)24/h4-7,18,23H,8-9H2,1-3H3.